The molecule has 3 heteroatoms. The molecule has 0 aromatic heterocycles. The van der Waals surface area contributed by atoms with Gasteiger partial charge in [-0.2, -0.15) is 0 Å². The van der Waals surface area contributed by atoms with Gasteiger partial charge in [0, 0.05) is 30.9 Å². The highest BCUT2D eigenvalue weighted by Gasteiger charge is 2.06. The summed E-state index contributed by atoms with van der Waals surface area (Å²) in [6, 6.07) is 8.62. The van der Waals surface area contributed by atoms with E-state index in [4.69, 9.17) is 0 Å². The van der Waals surface area contributed by atoms with Crippen molar-refractivity contribution in [2.24, 2.45) is 0 Å². The molecule has 0 aliphatic rings. The average molecular weight is 249 g/mol. The van der Waals surface area contributed by atoms with Crippen LogP contribution in [0.1, 0.15) is 26.3 Å². The zero-order chi connectivity index (χ0) is 13.6. The van der Waals surface area contributed by atoms with E-state index in [1.54, 1.807) is 0 Å². The van der Waals surface area contributed by atoms with Gasteiger partial charge in [-0.3, -0.25) is 0 Å². The second-order valence-electron chi connectivity index (χ2n) is 6.04. The number of anilines is 1. The Hall–Kier alpha value is -1.06. The Kier molecular flexibility index (Phi) is 5.63. The molecule has 0 fully saturated rings. The summed E-state index contributed by atoms with van der Waals surface area (Å²) in [5.41, 5.74) is 2.73. The largest absolute Gasteiger partial charge is 0.384 e. The summed E-state index contributed by atoms with van der Waals surface area (Å²) in [5.74, 6) is 0. The van der Waals surface area contributed by atoms with Gasteiger partial charge < -0.3 is 15.5 Å². The van der Waals surface area contributed by atoms with Gasteiger partial charge in [-0.05, 0) is 52.6 Å². The Morgan fingerprint density at radius 1 is 1.11 bits per heavy atom. The SMILES string of the molecule is CN(C)Cc1cccc(NCCNC(C)(C)C)c1. The third-order valence-electron chi connectivity index (χ3n) is 2.54. The monoisotopic (exact) mass is 249 g/mol. The topological polar surface area (TPSA) is 27.3 Å². The fourth-order valence-corrected chi connectivity index (χ4v) is 1.79. The molecule has 3 nitrogen and oxygen atoms in total. The second-order valence-corrected chi connectivity index (χ2v) is 6.04. The summed E-state index contributed by atoms with van der Waals surface area (Å²) in [5, 5.41) is 6.92. The molecule has 0 aliphatic heterocycles. The van der Waals surface area contributed by atoms with Crippen LogP contribution < -0.4 is 10.6 Å². The molecule has 0 spiro atoms. The lowest BCUT2D eigenvalue weighted by Gasteiger charge is -2.20. The minimum atomic E-state index is 0.189. The third kappa shape index (κ3) is 6.62. The van der Waals surface area contributed by atoms with Crippen LogP contribution in [0.3, 0.4) is 0 Å². The molecular formula is C15H27N3. The molecule has 102 valence electrons. The standard InChI is InChI=1S/C15H27N3/c1-15(2,3)17-10-9-16-14-8-6-7-13(11-14)12-18(4)5/h6-8,11,16-17H,9-10,12H2,1-5H3. The van der Waals surface area contributed by atoms with Crippen molar-refractivity contribution in [1.82, 2.24) is 10.2 Å². The van der Waals surface area contributed by atoms with Crippen molar-refractivity contribution in [1.29, 1.82) is 0 Å². The number of nitrogens with one attached hydrogen (secondary N) is 2. The first-order valence-corrected chi connectivity index (χ1v) is 6.59. The van der Waals surface area contributed by atoms with E-state index >= 15 is 0 Å². The Labute approximate surface area is 112 Å². The van der Waals surface area contributed by atoms with Crippen molar-refractivity contribution in [3.63, 3.8) is 0 Å². The van der Waals surface area contributed by atoms with Gasteiger partial charge in [0.15, 0.2) is 0 Å². The average Bonchev–Trinajstić information content (AvgIpc) is 2.23. The van der Waals surface area contributed by atoms with E-state index < -0.39 is 0 Å². The van der Waals surface area contributed by atoms with E-state index in [1.165, 1.54) is 11.3 Å². The van der Waals surface area contributed by atoms with Gasteiger partial charge in [0.25, 0.3) is 0 Å². The summed E-state index contributed by atoms with van der Waals surface area (Å²) in [6.07, 6.45) is 0. The van der Waals surface area contributed by atoms with Crippen LogP contribution in [0.5, 0.6) is 0 Å². The number of rotatable bonds is 6. The van der Waals surface area contributed by atoms with Crippen LogP contribution in [0.25, 0.3) is 0 Å². The predicted molar refractivity (Wildman–Crippen MR) is 80.1 cm³/mol. The summed E-state index contributed by atoms with van der Waals surface area (Å²) < 4.78 is 0. The Morgan fingerprint density at radius 3 is 2.44 bits per heavy atom. The van der Waals surface area contributed by atoms with Crippen LogP contribution in [0.4, 0.5) is 5.69 Å². The maximum absolute atomic E-state index is 3.47. The van der Waals surface area contributed by atoms with Gasteiger partial charge in [-0.25, -0.2) is 0 Å². The molecule has 0 aliphatic carbocycles. The van der Waals surface area contributed by atoms with Crippen molar-refractivity contribution >= 4 is 5.69 Å². The first-order chi connectivity index (χ1) is 8.37. The van der Waals surface area contributed by atoms with Gasteiger partial charge in [0.1, 0.15) is 0 Å². The molecule has 0 unspecified atom stereocenters. The Morgan fingerprint density at radius 2 is 1.83 bits per heavy atom. The van der Waals surface area contributed by atoms with Gasteiger partial charge in [0.2, 0.25) is 0 Å². The van der Waals surface area contributed by atoms with E-state index in [0.717, 1.165) is 19.6 Å². The summed E-state index contributed by atoms with van der Waals surface area (Å²) >= 11 is 0. The van der Waals surface area contributed by atoms with Crippen LogP contribution >= 0.6 is 0 Å². The molecule has 0 bridgehead atoms. The maximum Gasteiger partial charge on any atom is 0.0343 e. The lowest BCUT2D eigenvalue weighted by molar-refractivity contribution is 0.402. The quantitative estimate of drug-likeness (QED) is 0.759. The maximum atomic E-state index is 3.47. The molecule has 1 aromatic rings. The smallest absolute Gasteiger partial charge is 0.0343 e. The summed E-state index contributed by atoms with van der Waals surface area (Å²) in [4.78, 5) is 2.18. The van der Waals surface area contributed by atoms with Gasteiger partial charge in [0.05, 0.1) is 0 Å². The zero-order valence-corrected chi connectivity index (χ0v) is 12.4. The van der Waals surface area contributed by atoms with E-state index in [1.807, 2.05) is 0 Å². The van der Waals surface area contributed by atoms with Crippen LogP contribution in [0, 0.1) is 0 Å². The normalized spacial score (nSPS) is 11.9. The molecule has 1 rings (SSSR count). The van der Waals surface area contributed by atoms with Crippen molar-refractivity contribution in [2.75, 3.05) is 32.5 Å². The Bertz CT molecular complexity index is 353. The fourth-order valence-electron chi connectivity index (χ4n) is 1.79. The molecule has 2 N–H and O–H groups in total. The van der Waals surface area contributed by atoms with E-state index in [9.17, 15) is 0 Å². The highest BCUT2D eigenvalue weighted by Crippen LogP contribution is 2.11. The molecule has 18 heavy (non-hydrogen) atoms. The highest BCUT2D eigenvalue weighted by atomic mass is 15.0. The number of nitrogens with zero attached hydrogens (tertiary/aromatic N) is 1. The Balaban J connectivity index is 2.38. The molecule has 0 radical (unpaired) electrons. The summed E-state index contributed by atoms with van der Waals surface area (Å²) in [6.45, 7) is 9.46. The molecule has 0 atom stereocenters. The fraction of sp³-hybridized carbons (Fsp3) is 0.600. The van der Waals surface area contributed by atoms with E-state index in [0.29, 0.717) is 0 Å². The van der Waals surface area contributed by atoms with Crippen LogP contribution in [-0.2, 0) is 6.54 Å². The molecule has 0 saturated carbocycles. The predicted octanol–water partition coefficient (Wildman–Crippen LogP) is 2.55. The lowest BCUT2D eigenvalue weighted by Crippen LogP contribution is -2.38. The van der Waals surface area contributed by atoms with E-state index in [2.05, 4.69) is 74.7 Å². The zero-order valence-electron chi connectivity index (χ0n) is 12.4. The molecule has 1 aromatic carbocycles. The first kappa shape index (κ1) is 15.0. The van der Waals surface area contributed by atoms with Gasteiger partial charge in [-0.1, -0.05) is 12.1 Å². The van der Waals surface area contributed by atoms with Crippen LogP contribution in [0.15, 0.2) is 24.3 Å². The first-order valence-electron chi connectivity index (χ1n) is 6.59. The minimum Gasteiger partial charge on any atom is -0.384 e. The van der Waals surface area contributed by atoms with Crippen molar-refractivity contribution in [3.8, 4) is 0 Å². The summed E-state index contributed by atoms with van der Waals surface area (Å²) in [7, 11) is 4.18. The van der Waals surface area contributed by atoms with Gasteiger partial charge >= 0.3 is 0 Å². The van der Waals surface area contributed by atoms with E-state index in [-0.39, 0.29) is 5.54 Å². The molecule has 0 amide bonds. The second kappa shape index (κ2) is 6.76. The number of hydrogen-bond acceptors (Lipinski definition) is 3. The molecular weight excluding hydrogens is 222 g/mol. The number of hydrogen-bond donors (Lipinski definition) is 2. The van der Waals surface area contributed by atoms with Crippen LogP contribution in [-0.4, -0.2) is 37.6 Å². The number of benzene rings is 1. The van der Waals surface area contributed by atoms with Crippen molar-refractivity contribution < 1.29 is 0 Å². The van der Waals surface area contributed by atoms with Crippen molar-refractivity contribution in [3.05, 3.63) is 29.8 Å². The minimum absolute atomic E-state index is 0.189. The van der Waals surface area contributed by atoms with Crippen LogP contribution in [0.2, 0.25) is 0 Å². The third-order valence-corrected chi connectivity index (χ3v) is 2.54. The molecule has 0 saturated heterocycles. The molecule has 0 heterocycles. The van der Waals surface area contributed by atoms with Gasteiger partial charge in [-0.15, -0.1) is 0 Å². The highest BCUT2D eigenvalue weighted by molar-refractivity contribution is 5.45. The van der Waals surface area contributed by atoms with Crippen molar-refractivity contribution in [2.45, 2.75) is 32.9 Å². The lowest BCUT2D eigenvalue weighted by atomic mass is 10.1.